The highest BCUT2D eigenvalue weighted by molar-refractivity contribution is 8.00. The lowest BCUT2D eigenvalue weighted by atomic mass is 10.3. The molecular weight excluding hydrogens is 282 g/mol. The molecule has 0 unspecified atom stereocenters. The van der Waals surface area contributed by atoms with Crippen molar-refractivity contribution >= 4 is 28.2 Å². The number of thiazole rings is 1. The van der Waals surface area contributed by atoms with E-state index in [-0.39, 0.29) is 0 Å². The van der Waals surface area contributed by atoms with Gasteiger partial charge in [0.2, 0.25) is 11.7 Å². The summed E-state index contributed by atoms with van der Waals surface area (Å²) in [6, 6.07) is 5.56. The summed E-state index contributed by atoms with van der Waals surface area (Å²) >= 11 is 3.00. The quantitative estimate of drug-likeness (QED) is 0.738. The first kappa shape index (κ1) is 12.1. The summed E-state index contributed by atoms with van der Waals surface area (Å²) in [6.07, 6.45) is 3.43. The molecule has 6 nitrogen and oxygen atoms in total. The molecule has 3 rings (SSSR count). The van der Waals surface area contributed by atoms with Crippen molar-refractivity contribution in [2.24, 2.45) is 0 Å². The third-order valence-electron chi connectivity index (χ3n) is 2.20. The molecule has 0 aromatic carbocycles. The van der Waals surface area contributed by atoms with Crippen molar-refractivity contribution in [2.45, 2.75) is 9.96 Å². The van der Waals surface area contributed by atoms with E-state index in [0.717, 1.165) is 4.21 Å². The Balaban J connectivity index is 1.68. The van der Waals surface area contributed by atoms with Crippen LogP contribution in [0.1, 0.15) is 5.89 Å². The highest BCUT2D eigenvalue weighted by Crippen LogP contribution is 2.29. The van der Waals surface area contributed by atoms with Crippen molar-refractivity contribution in [1.29, 1.82) is 0 Å². The van der Waals surface area contributed by atoms with Gasteiger partial charge in [0.25, 0.3) is 0 Å². The van der Waals surface area contributed by atoms with Crippen molar-refractivity contribution in [2.75, 3.05) is 5.73 Å². The molecule has 3 aromatic rings. The Morgan fingerprint density at radius 1 is 1.32 bits per heavy atom. The maximum Gasteiger partial charge on any atom is 0.237 e. The predicted octanol–water partition coefficient (Wildman–Crippen LogP) is 2.46. The van der Waals surface area contributed by atoms with Gasteiger partial charge in [-0.25, -0.2) is 4.98 Å². The van der Waals surface area contributed by atoms with Crippen LogP contribution in [0.2, 0.25) is 0 Å². The van der Waals surface area contributed by atoms with E-state index in [1.54, 1.807) is 24.2 Å². The van der Waals surface area contributed by atoms with Crippen molar-refractivity contribution in [3.05, 3.63) is 36.5 Å². The largest absolute Gasteiger partial charge is 0.375 e. The second kappa shape index (κ2) is 5.37. The van der Waals surface area contributed by atoms with Gasteiger partial charge in [0.1, 0.15) is 5.69 Å². The molecule has 96 valence electrons. The fourth-order valence-corrected chi connectivity index (χ4v) is 2.98. The Kier molecular flexibility index (Phi) is 3.43. The minimum atomic E-state index is 0.500. The van der Waals surface area contributed by atoms with Gasteiger partial charge in [-0.05, 0) is 12.1 Å². The third kappa shape index (κ3) is 2.91. The molecule has 8 heteroatoms. The Morgan fingerprint density at radius 3 is 3.00 bits per heavy atom. The second-order valence-electron chi connectivity index (χ2n) is 3.53. The van der Waals surface area contributed by atoms with E-state index < -0.39 is 0 Å². The average Bonchev–Trinajstić information content (AvgIpc) is 3.06. The van der Waals surface area contributed by atoms with Gasteiger partial charge in [-0.2, -0.15) is 4.98 Å². The lowest BCUT2D eigenvalue weighted by molar-refractivity contribution is 0.391. The molecule has 3 heterocycles. The molecule has 0 fully saturated rings. The normalized spacial score (nSPS) is 10.7. The van der Waals surface area contributed by atoms with Gasteiger partial charge in [-0.15, -0.1) is 11.8 Å². The fourth-order valence-electron chi connectivity index (χ4n) is 1.38. The van der Waals surface area contributed by atoms with Crippen molar-refractivity contribution in [3.63, 3.8) is 0 Å². The summed E-state index contributed by atoms with van der Waals surface area (Å²) in [5, 5.41) is 4.46. The van der Waals surface area contributed by atoms with Crippen LogP contribution in [0.4, 0.5) is 5.13 Å². The first-order valence-corrected chi connectivity index (χ1v) is 7.19. The SMILES string of the molecule is Nc1ncc(SCc2nc(-c3ccccn3)no2)s1. The minimum absolute atomic E-state index is 0.500. The smallest absolute Gasteiger partial charge is 0.237 e. The van der Waals surface area contributed by atoms with Crippen LogP contribution in [-0.2, 0) is 5.75 Å². The maximum atomic E-state index is 5.56. The standard InChI is InChI=1S/C11H9N5OS2/c12-11-14-5-9(19-11)18-6-8-15-10(16-17-8)7-3-1-2-4-13-7/h1-5H,6H2,(H2,12,14). The number of nitrogen functional groups attached to an aromatic ring is 1. The van der Waals surface area contributed by atoms with Crippen LogP contribution in [0.5, 0.6) is 0 Å². The molecule has 0 bridgehead atoms. The number of anilines is 1. The molecular formula is C11H9N5OS2. The highest BCUT2D eigenvalue weighted by atomic mass is 32.2. The monoisotopic (exact) mass is 291 g/mol. The van der Waals surface area contributed by atoms with E-state index in [1.165, 1.54) is 11.3 Å². The molecule has 0 spiro atoms. The van der Waals surface area contributed by atoms with Gasteiger partial charge in [0, 0.05) is 6.20 Å². The number of thioether (sulfide) groups is 1. The van der Waals surface area contributed by atoms with E-state index in [1.807, 2.05) is 18.2 Å². The summed E-state index contributed by atoms with van der Waals surface area (Å²) in [5.41, 5.74) is 6.26. The van der Waals surface area contributed by atoms with Gasteiger partial charge >= 0.3 is 0 Å². The number of aromatic nitrogens is 4. The summed E-state index contributed by atoms with van der Waals surface area (Å²) in [4.78, 5) is 12.4. The van der Waals surface area contributed by atoms with Crippen molar-refractivity contribution in [1.82, 2.24) is 20.1 Å². The molecule has 0 amide bonds. The zero-order chi connectivity index (χ0) is 13.1. The minimum Gasteiger partial charge on any atom is -0.375 e. The Labute approximate surface area is 117 Å². The van der Waals surface area contributed by atoms with E-state index in [0.29, 0.717) is 28.3 Å². The zero-order valence-electron chi connectivity index (χ0n) is 9.68. The van der Waals surface area contributed by atoms with Gasteiger partial charge in [-0.1, -0.05) is 22.6 Å². The lowest BCUT2D eigenvalue weighted by Crippen LogP contribution is -1.84. The first-order valence-electron chi connectivity index (χ1n) is 5.39. The van der Waals surface area contributed by atoms with E-state index in [9.17, 15) is 0 Å². The van der Waals surface area contributed by atoms with Gasteiger partial charge in [0.05, 0.1) is 16.2 Å². The number of nitrogens with two attached hydrogens (primary N) is 1. The van der Waals surface area contributed by atoms with Crippen LogP contribution in [0.15, 0.2) is 39.3 Å². The molecule has 0 atom stereocenters. The number of pyridine rings is 1. The molecule has 0 saturated heterocycles. The van der Waals surface area contributed by atoms with Gasteiger partial charge in [0.15, 0.2) is 5.13 Å². The molecule has 0 radical (unpaired) electrons. The van der Waals surface area contributed by atoms with Crippen molar-refractivity contribution < 1.29 is 4.52 Å². The van der Waals surface area contributed by atoms with E-state index in [4.69, 9.17) is 10.3 Å². The van der Waals surface area contributed by atoms with E-state index in [2.05, 4.69) is 20.1 Å². The van der Waals surface area contributed by atoms with Crippen LogP contribution >= 0.6 is 23.1 Å². The molecule has 0 aliphatic carbocycles. The Hall–Kier alpha value is -1.93. The topological polar surface area (TPSA) is 90.7 Å². The predicted molar refractivity (Wildman–Crippen MR) is 73.6 cm³/mol. The lowest BCUT2D eigenvalue weighted by Gasteiger charge is -1.91. The summed E-state index contributed by atoms with van der Waals surface area (Å²) < 4.78 is 6.20. The van der Waals surface area contributed by atoms with Crippen LogP contribution < -0.4 is 5.73 Å². The second-order valence-corrected chi connectivity index (χ2v) is 5.87. The van der Waals surface area contributed by atoms with Crippen molar-refractivity contribution in [3.8, 4) is 11.5 Å². The first-order chi connectivity index (χ1) is 9.31. The fraction of sp³-hybridized carbons (Fsp3) is 0.0909. The summed E-state index contributed by atoms with van der Waals surface area (Å²) in [6.45, 7) is 0. The van der Waals surface area contributed by atoms with Gasteiger partial charge < -0.3 is 10.3 Å². The summed E-state index contributed by atoms with van der Waals surface area (Å²) in [7, 11) is 0. The number of hydrogen-bond acceptors (Lipinski definition) is 8. The maximum absolute atomic E-state index is 5.56. The van der Waals surface area contributed by atoms with Crippen LogP contribution in [0, 0.1) is 0 Å². The highest BCUT2D eigenvalue weighted by Gasteiger charge is 2.10. The average molecular weight is 291 g/mol. The van der Waals surface area contributed by atoms with Gasteiger partial charge in [-0.3, -0.25) is 4.98 Å². The third-order valence-corrected chi connectivity index (χ3v) is 4.21. The molecule has 2 N–H and O–H groups in total. The molecule has 0 aliphatic heterocycles. The molecule has 3 aromatic heterocycles. The van der Waals surface area contributed by atoms with Crippen LogP contribution in [0.3, 0.4) is 0 Å². The number of hydrogen-bond donors (Lipinski definition) is 1. The van der Waals surface area contributed by atoms with E-state index >= 15 is 0 Å². The zero-order valence-corrected chi connectivity index (χ0v) is 11.3. The number of rotatable bonds is 4. The van der Waals surface area contributed by atoms with Crippen LogP contribution in [0.25, 0.3) is 11.5 Å². The Morgan fingerprint density at radius 2 is 2.26 bits per heavy atom. The van der Waals surface area contributed by atoms with Crippen LogP contribution in [-0.4, -0.2) is 20.1 Å². The summed E-state index contributed by atoms with van der Waals surface area (Å²) in [5.74, 6) is 1.64. The number of nitrogens with zero attached hydrogens (tertiary/aromatic N) is 4. The molecule has 0 saturated carbocycles. The molecule has 0 aliphatic rings. The molecule has 19 heavy (non-hydrogen) atoms. The Bertz CT molecular complexity index is 667.